The number of carboxylic acids is 1. The highest BCUT2D eigenvalue weighted by atomic mass is 16.5. The zero-order valence-electron chi connectivity index (χ0n) is 8.87. The summed E-state index contributed by atoms with van der Waals surface area (Å²) in [6.07, 6.45) is 4.92. The van der Waals surface area contributed by atoms with Gasteiger partial charge in [-0.2, -0.15) is 0 Å². The molecule has 14 heavy (non-hydrogen) atoms. The Kier molecular flexibility index (Phi) is 4.94. The van der Waals surface area contributed by atoms with Gasteiger partial charge in [0.25, 0.3) is 0 Å². The summed E-state index contributed by atoms with van der Waals surface area (Å²) in [5.41, 5.74) is 0. The number of hydrogen-bond acceptors (Lipinski definition) is 2. The van der Waals surface area contributed by atoms with Crippen LogP contribution in [0.5, 0.6) is 0 Å². The molecule has 0 heterocycles. The number of carbonyl (C=O) groups is 1. The lowest BCUT2D eigenvalue weighted by molar-refractivity contribution is -0.143. The lowest BCUT2D eigenvalue weighted by Crippen LogP contribution is -2.22. The summed E-state index contributed by atoms with van der Waals surface area (Å²) in [4.78, 5) is 10.7. The van der Waals surface area contributed by atoms with Crippen LogP contribution in [0.1, 0.15) is 39.0 Å². The van der Waals surface area contributed by atoms with Crippen LogP contribution in [-0.2, 0) is 9.53 Å². The SMILES string of the molecule is CCOCCC1CCC(C(=O)O)CC1. The third-order valence-corrected chi connectivity index (χ3v) is 3.07. The van der Waals surface area contributed by atoms with Crippen LogP contribution in [0, 0.1) is 11.8 Å². The third kappa shape index (κ3) is 3.66. The van der Waals surface area contributed by atoms with Crippen molar-refractivity contribution in [3.8, 4) is 0 Å². The Hall–Kier alpha value is -0.570. The summed E-state index contributed by atoms with van der Waals surface area (Å²) >= 11 is 0. The number of hydrogen-bond donors (Lipinski definition) is 1. The van der Waals surface area contributed by atoms with E-state index in [1.165, 1.54) is 0 Å². The van der Waals surface area contributed by atoms with Crippen LogP contribution in [0.15, 0.2) is 0 Å². The molecule has 3 nitrogen and oxygen atoms in total. The van der Waals surface area contributed by atoms with Crippen LogP contribution in [0.3, 0.4) is 0 Å². The van der Waals surface area contributed by atoms with E-state index >= 15 is 0 Å². The Bertz CT molecular complexity index is 171. The lowest BCUT2D eigenvalue weighted by atomic mass is 9.81. The van der Waals surface area contributed by atoms with Gasteiger partial charge < -0.3 is 9.84 Å². The highest BCUT2D eigenvalue weighted by molar-refractivity contribution is 5.69. The monoisotopic (exact) mass is 200 g/mol. The number of ether oxygens (including phenoxy) is 1. The minimum absolute atomic E-state index is 0.0849. The summed E-state index contributed by atoms with van der Waals surface area (Å²) in [6, 6.07) is 0. The molecule has 0 spiro atoms. The van der Waals surface area contributed by atoms with Crippen molar-refractivity contribution in [3.05, 3.63) is 0 Å². The van der Waals surface area contributed by atoms with Gasteiger partial charge in [-0.15, -0.1) is 0 Å². The van der Waals surface area contributed by atoms with Crippen molar-refractivity contribution >= 4 is 5.97 Å². The summed E-state index contributed by atoms with van der Waals surface area (Å²) < 4.78 is 5.29. The number of carboxylic acid groups (broad SMARTS) is 1. The highest BCUT2D eigenvalue weighted by Crippen LogP contribution is 2.30. The molecule has 0 bridgehead atoms. The first-order valence-corrected chi connectivity index (χ1v) is 5.54. The molecule has 0 atom stereocenters. The molecule has 3 heteroatoms. The van der Waals surface area contributed by atoms with Crippen LogP contribution >= 0.6 is 0 Å². The first-order chi connectivity index (χ1) is 6.74. The molecule has 1 aliphatic rings. The molecule has 1 rings (SSSR count). The summed E-state index contributed by atoms with van der Waals surface area (Å²) in [5.74, 6) is -0.0104. The van der Waals surface area contributed by atoms with Crippen LogP contribution in [0.25, 0.3) is 0 Å². The summed E-state index contributed by atoms with van der Waals surface area (Å²) in [6.45, 7) is 3.62. The molecule has 0 aromatic heterocycles. The fraction of sp³-hybridized carbons (Fsp3) is 0.909. The van der Waals surface area contributed by atoms with Crippen molar-refractivity contribution in [3.63, 3.8) is 0 Å². The minimum atomic E-state index is -0.617. The lowest BCUT2D eigenvalue weighted by Gasteiger charge is -2.25. The predicted molar refractivity (Wildman–Crippen MR) is 54.2 cm³/mol. The van der Waals surface area contributed by atoms with E-state index in [4.69, 9.17) is 9.84 Å². The first-order valence-electron chi connectivity index (χ1n) is 5.54. The van der Waals surface area contributed by atoms with E-state index in [0.717, 1.165) is 45.3 Å². The Morgan fingerprint density at radius 3 is 2.50 bits per heavy atom. The van der Waals surface area contributed by atoms with Crippen molar-refractivity contribution in [2.24, 2.45) is 11.8 Å². The van der Waals surface area contributed by atoms with Gasteiger partial charge >= 0.3 is 5.97 Å². The van der Waals surface area contributed by atoms with Gasteiger partial charge in [-0.05, 0) is 44.9 Å². The largest absolute Gasteiger partial charge is 0.481 e. The fourth-order valence-corrected chi connectivity index (χ4v) is 2.09. The molecule has 0 unspecified atom stereocenters. The number of aliphatic carboxylic acids is 1. The maximum Gasteiger partial charge on any atom is 0.306 e. The molecule has 1 N–H and O–H groups in total. The normalized spacial score (nSPS) is 27.5. The standard InChI is InChI=1S/C11H20O3/c1-2-14-8-7-9-3-5-10(6-4-9)11(12)13/h9-10H,2-8H2,1H3,(H,12,13). The molecule has 82 valence electrons. The Labute approximate surface area is 85.5 Å². The molecule has 0 aromatic carbocycles. The smallest absolute Gasteiger partial charge is 0.306 e. The molecular weight excluding hydrogens is 180 g/mol. The van der Waals surface area contributed by atoms with Gasteiger partial charge in [0.1, 0.15) is 0 Å². The zero-order chi connectivity index (χ0) is 10.4. The summed E-state index contributed by atoms with van der Waals surface area (Å²) in [7, 11) is 0. The average molecular weight is 200 g/mol. The van der Waals surface area contributed by atoms with Crippen LogP contribution < -0.4 is 0 Å². The average Bonchev–Trinajstić information content (AvgIpc) is 2.19. The van der Waals surface area contributed by atoms with Crippen molar-refractivity contribution in [2.75, 3.05) is 13.2 Å². The minimum Gasteiger partial charge on any atom is -0.481 e. The third-order valence-electron chi connectivity index (χ3n) is 3.07. The van der Waals surface area contributed by atoms with Crippen LogP contribution in [-0.4, -0.2) is 24.3 Å². The van der Waals surface area contributed by atoms with E-state index in [0.29, 0.717) is 5.92 Å². The van der Waals surface area contributed by atoms with E-state index in [2.05, 4.69) is 0 Å². The van der Waals surface area contributed by atoms with Crippen molar-refractivity contribution in [2.45, 2.75) is 39.0 Å². The fourth-order valence-electron chi connectivity index (χ4n) is 2.09. The first kappa shape index (κ1) is 11.5. The Balaban J connectivity index is 2.12. The van der Waals surface area contributed by atoms with Gasteiger partial charge in [0.2, 0.25) is 0 Å². The second kappa shape index (κ2) is 6.02. The Morgan fingerprint density at radius 2 is 2.00 bits per heavy atom. The van der Waals surface area contributed by atoms with Crippen molar-refractivity contribution < 1.29 is 14.6 Å². The molecule has 1 saturated carbocycles. The van der Waals surface area contributed by atoms with Gasteiger partial charge in [-0.3, -0.25) is 4.79 Å². The molecular formula is C11H20O3. The van der Waals surface area contributed by atoms with E-state index in [-0.39, 0.29) is 5.92 Å². The second-order valence-corrected chi connectivity index (χ2v) is 4.04. The van der Waals surface area contributed by atoms with Gasteiger partial charge in [-0.25, -0.2) is 0 Å². The van der Waals surface area contributed by atoms with Crippen LogP contribution in [0.2, 0.25) is 0 Å². The summed E-state index contributed by atoms with van der Waals surface area (Å²) in [5, 5.41) is 8.81. The van der Waals surface area contributed by atoms with E-state index in [1.54, 1.807) is 0 Å². The van der Waals surface area contributed by atoms with E-state index in [1.807, 2.05) is 6.92 Å². The molecule has 0 radical (unpaired) electrons. The molecule has 0 amide bonds. The zero-order valence-corrected chi connectivity index (χ0v) is 8.87. The van der Waals surface area contributed by atoms with Crippen molar-refractivity contribution in [1.29, 1.82) is 0 Å². The molecule has 0 saturated heterocycles. The maximum atomic E-state index is 10.7. The molecule has 0 aromatic rings. The number of rotatable bonds is 5. The van der Waals surface area contributed by atoms with Gasteiger partial charge in [-0.1, -0.05) is 0 Å². The van der Waals surface area contributed by atoms with E-state index in [9.17, 15) is 4.79 Å². The quantitative estimate of drug-likeness (QED) is 0.693. The van der Waals surface area contributed by atoms with Gasteiger partial charge in [0, 0.05) is 13.2 Å². The molecule has 0 aliphatic heterocycles. The highest BCUT2D eigenvalue weighted by Gasteiger charge is 2.25. The predicted octanol–water partition coefficient (Wildman–Crippen LogP) is 2.30. The molecule has 1 aliphatic carbocycles. The van der Waals surface area contributed by atoms with Gasteiger partial charge in [0.05, 0.1) is 5.92 Å². The van der Waals surface area contributed by atoms with Crippen molar-refractivity contribution in [1.82, 2.24) is 0 Å². The molecule has 1 fully saturated rings. The van der Waals surface area contributed by atoms with E-state index < -0.39 is 5.97 Å². The second-order valence-electron chi connectivity index (χ2n) is 4.04. The topological polar surface area (TPSA) is 46.5 Å². The van der Waals surface area contributed by atoms with Crippen LogP contribution in [0.4, 0.5) is 0 Å². The Morgan fingerprint density at radius 1 is 1.36 bits per heavy atom. The van der Waals surface area contributed by atoms with Gasteiger partial charge in [0.15, 0.2) is 0 Å². The maximum absolute atomic E-state index is 10.7.